The van der Waals surface area contributed by atoms with E-state index in [1.54, 1.807) is 24.3 Å². The summed E-state index contributed by atoms with van der Waals surface area (Å²) < 4.78 is 155. The van der Waals surface area contributed by atoms with Crippen molar-refractivity contribution in [3.8, 4) is 11.5 Å². The molecule has 43 heavy (non-hydrogen) atoms. The third-order valence-electron chi connectivity index (χ3n) is 6.81. The molecule has 2 aromatic rings. The van der Waals surface area contributed by atoms with Crippen LogP contribution >= 0.6 is 0 Å². The number of hydrogen-bond donors (Lipinski definition) is 0. The first-order valence-electron chi connectivity index (χ1n) is 13.5. The van der Waals surface area contributed by atoms with Gasteiger partial charge in [-0.25, -0.2) is 9.47 Å². The lowest BCUT2D eigenvalue weighted by Crippen LogP contribution is -2.58. The van der Waals surface area contributed by atoms with E-state index in [0.29, 0.717) is 0 Å². The average molecular weight is 637 g/mol. The largest absolute Gasteiger partial charge is 0.495 e. The Balaban J connectivity index is 1.94. The Morgan fingerprint density at radius 3 is 1.37 bits per heavy atom. The first kappa shape index (κ1) is 36.5. The van der Waals surface area contributed by atoms with Crippen molar-refractivity contribution < 1.29 is 62.9 Å². The summed E-state index contributed by atoms with van der Waals surface area (Å²) in [5.74, 6) is -11.8. The summed E-state index contributed by atoms with van der Waals surface area (Å²) in [6, 6.07) is 12.0. The Bertz CT molecular complexity index is 1130. The number of ether oxygens (including phenoxy) is 4. The topological polar surface area (TPSA) is 36.9 Å². The van der Waals surface area contributed by atoms with Gasteiger partial charge in [-0.15, -0.1) is 8.78 Å². The van der Waals surface area contributed by atoms with Crippen LogP contribution in [0.1, 0.15) is 76.3 Å². The second-order valence-corrected chi connectivity index (χ2v) is 10.1. The average Bonchev–Trinajstić information content (AvgIpc) is 2.91. The van der Waals surface area contributed by atoms with Crippen LogP contribution in [-0.2, 0) is 9.47 Å². The second-order valence-electron chi connectivity index (χ2n) is 10.1. The lowest BCUT2D eigenvalue weighted by Gasteiger charge is -2.34. The van der Waals surface area contributed by atoms with Gasteiger partial charge in [0.05, 0.1) is 26.1 Å². The van der Waals surface area contributed by atoms with E-state index in [0.717, 1.165) is 24.0 Å². The maximum absolute atomic E-state index is 14.1. The van der Waals surface area contributed by atoms with Gasteiger partial charge in [0.25, 0.3) is 0 Å². The van der Waals surface area contributed by atoms with Crippen LogP contribution in [0.2, 0.25) is 0 Å². The van der Waals surface area contributed by atoms with E-state index < -0.39 is 56.4 Å². The SMILES string of the molecule is CCC(C)c1ccc(OCCC(F)(F)OC(F)(F)OC(F)(F)C(F)(F)C(F)(F)CCOc2ccc(C(C)CC)cc2)cc1. The lowest BCUT2D eigenvalue weighted by molar-refractivity contribution is -0.542. The molecule has 0 radical (unpaired) electrons. The van der Waals surface area contributed by atoms with Crippen molar-refractivity contribution in [2.75, 3.05) is 13.2 Å². The molecule has 0 fully saturated rings. The second kappa shape index (κ2) is 14.4. The summed E-state index contributed by atoms with van der Waals surface area (Å²) in [6.45, 7) is 5.56. The number of rotatable bonds is 18. The third-order valence-corrected chi connectivity index (χ3v) is 6.81. The maximum Gasteiger partial charge on any atom is 0.495 e. The number of halogens is 10. The van der Waals surface area contributed by atoms with E-state index in [-0.39, 0.29) is 23.3 Å². The van der Waals surface area contributed by atoms with Gasteiger partial charge in [0.1, 0.15) is 11.5 Å². The van der Waals surface area contributed by atoms with Gasteiger partial charge in [-0.3, -0.25) is 0 Å². The van der Waals surface area contributed by atoms with Crippen LogP contribution in [0.3, 0.4) is 0 Å². The van der Waals surface area contributed by atoms with Crippen LogP contribution in [-0.4, -0.2) is 43.6 Å². The number of alkyl halides is 10. The lowest BCUT2D eigenvalue weighted by atomic mass is 9.99. The van der Waals surface area contributed by atoms with Gasteiger partial charge >= 0.3 is 30.4 Å². The van der Waals surface area contributed by atoms with E-state index in [1.165, 1.54) is 24.3 Å². The van der Waals surface area contributed by atoms with Gasteiger partial charge in [-0.05, 0) is 60.1 Å². The maximum atomic E-state index is 14.1. The van der Waals surface area contributed by atoms with Crippen LogP contribution < -0.4 is 9.47 Å². The first-order chi connectivity index (χ1) is 19.8. The Labute approximate surface area is 243 Å². The van der Waals surface area contributed by atoms with E-state index in [1.807, 2.05) is 27.7 Å². The number of benzene rings is 2. The molecule has 0 aliphatic carbocycles. The molecule has 0 amide bonds. The standard InChI is InChI=1S/C29H34F10O4/c1-5-19(3)21-7-11-23(12-8-21)40-17-15-25(30,31)27(34,35)28(36,37)43-29(38,39)42-26(32,33)16-18-41-24-13-9-22(10-14-24)20(4)6-2/h7-14,19-20H,5-6,15-18H2,1-4H3. The highest BCUT2D eigenvalue weighted by Crippen LogP contribution is 2.50. The van der Waals surface area contributed by atoms with Crippen molar-refractivity contribution in [3.05, 3.63) is 59.7 Å². The summed E-state index contributed by atoms with van der Waals surface area (Å²) in [6.07, 6.45) is -19.8. The minimum atomic E-state index is -6.64. The van der Waals surface area contributed by atoms with Gasteiger partial charge in [0, 0.05) is 0 Å². The van der Waals surface area contributed by atoms with Crippen molar-refractivity contribution >= 4 is 0 Å². The zero-order valence-corrected chi connectivity index (χ0v) is 23.9. The highest BCUT2D eigenvalue weighted by atomic mass is 19.4. The smallest absolute Gasteiger partial charge is 0.493 e. The molecule has 2 aromatic carbocycles. The molecule has 244 valence electrons. The molecule has 2 atom stereocenters. The fourth-order valence-corrected chi connectivity index (χ4v) is 3.67. The van der Waals surface area contributed by atoms with Crippen LogP contribution in [0.5, 0.6) is 11.5 Å². The molecule has 0 saturated carbocycles. The summed E-state index contributed by atoms with van der Waals surface area (Å²) >= 11 is 0. The fraction of sp³-hybridized carbons (Fsp3) is 0.586. The molecule has 0 aromatic heterocycles. The summed E-state index contributed by atoms with van der Waals surface area (Å²) in [5.41, 5.74) is 1.79. The monoisotopic (exact) mass is 636 g/mol. The first-order valence-corrected chi connectivity index (χ1v) is 13.5. The summed E-state index contributed by atoms with van der Waals surface area (Å²) in [7, 11) is 0. The Kier molecular flexibility index (Phi) is 12.2. The van der Waals surface area contributed by atoms with Crippen molar-refractivity contribution in [2.24, 2.45) is 0 Å². The van der Waals surface area contributed by atoms with E-state index in [2.05, 4.69) is 9.47 Å². The van der Waals surface area contributed by atoms with E-state index >= 15 is 0 Å². The Morgan fingerprint density at radius 1 is 0.581 bits per heavy atom. The summed E-state index contributed by atoms with van der Waals surface area (Å²) in [5, 5.41) is 0. The van der Waals surface area contributed by atoms with Crippen molar-refractivity contribution in [3.63, 3.8) is 0 Å². The van der Waals surface area contributed by atoms with Crippen LogP contribution in [0.4, 0.5) is 43.9 Å². The molecule has 0 heterocycles. The minimum absolute atomic E-state index is 0.0385. The predicted molar refractivity (Wildman–Crippen MR) is 137 cm³/mol. The van der Waals surface area contributed by atoms with Crippen LogP contribution in [0, 0.1) is 0 Å². The van der Waals surface area contributed by atoms with Gasteiger partial charge in [0.2, 0.25) is 0 Å². The van der Waals surface area contributed by atoms with E-state index in [4.69, 9.17) is 9.47 Å². The van der Waals surface area contributed by atoms with E-state index in [9.17, 15) is 43.9 Å². The molecular weight excluding hydrogens is 602 g/mol. The minimum Gasteiger partial charge on any atom is -0.493 e. The molecule has 0 N–H and O–H groups in total. The predicted octanol–water partition coefficient (Wildman–Crippen LogP) is 9.99. The molecular formula is C29H34F10O4. The quantitative estimate of drug-likeness (QED) is 0.121. The highest BCUT2D eigenvalue weighted by molar-refractivity contribution is 5.30. The van der Waals surface area contributed by atoms with Gasteiger partial charge < -0.3 is 9.47 Å². The number of hydrogen-bond acceptors (Lipinski definition) is 4. The Hall–Kier alpha value is -2.74. The molecule has 0 spiro atoms. The van der Waals surface area contributed by atoms with Crippen molar-refractivity contribution in [1.82, 2.24) is 0 Å². The summed E-state index contributed by atoms with van der Waals surface area (Å²) in [4.78, 5) is 0. The fourth-order valence-electron chi connectivity index (χ4n) is 3.67. The normalized spacial score (nSPS) is 14.8. The van der Waals surface area contributed by atoms with Gasteiger partial charge in [0.15, 0.2) is 0 Å². The molecule has 0 bridgehead atoms. The third kappa shape index (κ3) is 10.2. The van der Waals surface area contributed by atoms with Crippen molar-refractivity contribution in [1.29, 1.82) is 0 Å². The highest BCUT2D eigenvalue weighted by Gasteiger charge is 2.75. The molecule has 2 rings (SSSR count). The van der Waals surface area contributed by atoms with Gasteiger partial charge in [-0.1, -0.05) is 52.0 Å². The molecule has 0 saturated heterocycles. The van der Waals surface area contributed by atoms with Crippen LogP contribution in [0.25, 0.3) is 0 Å². The zero-order valence-electron chi connectivity index (χ0n) is 23.9. The molecule has 2 unspecified atom stereocenters. The molecule has 0 aliphatic rings. The zero-order chi connectivity index (χ0) is 32.7. The van der Waals surface area contributed by atoms with Gasteiger partial charge in [-0.2, -0.15) is 35.1 Å². The van der Waals surface area contributed by atoms with Crippen LogP contribution in [0.15, 0.2) is 48.5 Å². The molecule has 4 nitrogen and oxygen atoms in total. The molecule has 0 aliphatic heterocycles. The van der Waals surface area contributed by atoms with Crippen molar-refractivity contribution in [2.45, 2.75) is 95.6 Å². The molecule has 14 heteroatoms. The Morgan fingerprint density at radius 2 is 0.977 bits per heavy atom.